The number of ether oxygens (including phenoxy) is 1. The van der Waals surface area contributed by atoms with Crippen molar-refractivity contribution in [3.63, 3.8) is 0 Å². The Morgan fingerprint density at radius 3 is 2.60 bits per heavy atom. The minimum Gasteiger partial charge on any atom is -0.585 e. The molecule has 0 unspecified atom stereocenters. The molecule has 0 amide bonds. The van der Waals surface area contributed by atoms with Gasteiger partial charge in [-0.1, -0.05) is 18.6 Å². The van der Waals surface area contributed by atoms with Gasteiger partial charge in [-0.15, -0.1) is 6.42 Å². The standard InChI is InChI=1S/C7H11O.CH3.U/c1-8-7-5-3-2-4-6-7;;/h3,5H,2,4,6H2,1H3;1H3;/q2*-1;+2. The molecule has 1 aliphatic carbocycles. The van der Waals surface area contributed by atoms with Crippen LogP contribution in [0.5, 0.6) is 0 Å². The monoisotopic (exact) mass is 364 g/mol. The molecule has 0 fully saturated rings. The molecule has 0 aromatic carbocycles. The average Bonchev–Trinajstić information content (AvgIpc) is 1.90. The van der Waals surface area contributed by atoms with E-state index in [2.05, 4.69) is 12.5 Å². The van der Waals surface area contributed by atoms with Gasteiger partial charge in [-0.3, -0.25) is 0 Å². The van der Waals surface area contributed by atoms with Gasteiger partial charge in [-0.05, 0) is 0 Å². The Bertz CT molecular complexity index is 99.4. The van der Waals surface area contributed by atoms with Crippen LogP contribution < -0.4 is 0 Å². The van der Waals surface area contributed by atoms with Crippen LogP contribution in [-0.4, -0.2) is 7.11 Å². The van der Waals surface area contributed by atoms with Gasteiger partial charge in [0.1, 0.15) is 0 Å². The fraction of sp³-hybridized carbons (Fsp3) is 0.500. The van der Waals surface area contributed by atoms with Crippen LogP contribution in [0.3, 0.4) is 0 Å². The van der Waals surface area contributed by atoms with Gasteiger partial charge in [0, 0.05) is 0 Å². The maximum absolute atomic E-state index is 5.02. The number of hydrogen-bond acceptors (Lipinski definition) is 1. The molecule has 0 aliphatic heterocycles. The molecule has 0 saturated heterocycles. The Hall–Kier alpha value is 0.462. The zero-order chi connectivity index (χ0) is 5.82. The van der Waals surface area contributed by atoms with Gasteiger partial charge in [-0.25, -0.2) is 6.42 Å². The second-order valence-corrected chi connectivity index (χ2v) is 1.97. The van der Waals surface area contributed by atoms with E-state index in [4.69, 9.17) is 4.74 Å². The van der Waals surface area contributed by atoms with Crippen LogP contribution in [0.4, 0.5) is 0 Å². The molecule has 0 aromatic rings. The van der Waals surface area contributed by atoms with Gasteiger partial charge in [0.05, 0.1) is 7.11 Å². The summed E-state index contributed by atoms with van der Waals surface area (Å²) in [6.45, 7) is 0. The molecule has 0 heterocycles. The van der Waals surface area contributed by atoms with E-state index in [1.807, 2.05) is 0 Å². The summed E-state index contributed by atoms with van der Waals surface area (Å²) < 4.78 is 5.02. The van der Waals surface area contributed by atoms with Crippen molar-refractivity contribution in [2.45, 2.75) is 19.3 Å². The number of allylic oxidation sites excluding steroid dienone is 2. The van der Waals surface area contributed by atoms with Crippen molar-refractivity contribution in [1.82, 2.24) is 0 Å². The first-order chi connectivity index (χ1) is 3.93. The van der Waals surface area contributed by atoms with Gasteiger partial charge < -0.3 is 12.2 Å². The molecular formula is C8H14OU. The fourth-order valence-electron chi connectivity index (χ4n) is 0.862. The number of rotatable bonds is 1. The van der Waals surface area contributed by atoms with E-state index >= 15 is 0 Å². The number of methoxy groups -OCH3 is 1. The summed E-state index contributed by atoms with van der Waals surface area (Å²) in [5.41, 5.74) is 0. The summed E-state index contributed by atoms with van der Waals surface area (Å²) in [5.74, 6) is 1.12. The molecule has 1 nitrogen and oxygen atoms in total. The van der Waals surface area contributed by atoms with E-state index in [1.165, 1.54) is 12.8 Å². The minimum atomic E-state index is 0. The summed E-state index contributed by atoms with van der Waals surface area (Å²) in [4.78, 5) is 0. The van der Waals surface area contributed by atoms with E-state index in [-0.39, 0.29) is 38.5 Å². The van der Waals surface area contributed by atoms with Crippen LogP contribution in [-0.2, 0) is 4.74 Å². The predicted octanol–water partition coefficient (Wildman–Crippen LogP) is 2.36. The Morgan fingerprint density at radius 2 is 2.30 bits per heavy atom. The second kappa shape index (κ2) is 7.57. The van der Waals surface area contributed by atoms with Crippen molar-refractivity contribution in [2.24, 2.45) is 0 Å². The molecule has 0 bridgehead atoms. The van der Waals surface area contributed by atoms with E-state index in [0.29, 0.717) is 0 Å². The SMILES string of the molecule is COC1=C[CH-]CCC1.[CH3-].[U+2]. The quantitative estimate of drug-likeness (QED) is 0.650. The summed E-state index contributed by atoms with van der Waals surface area (Å²) in [7, 11) is 1.73. The molecule has 0 N–H and O–H groups in total. The average molecular weight is 364 g/mol. The predicted molar refractivity (Wildman–Crippen MR) is 39.7 cm³/mol. The minimum absolute atomic E-state index is 0. The zero-order valence-electron chi connectivity index (χ0n) is 6.68. The summed E-state index contributed by atoms with van der Waals surface area (Å²) in [6, 6.07) is 0. The van der Waals surface area contributed by atoms with Gasteiger partial charge in [0.2, 0.25) is 0 Å². The van der Waals surface area contributed by atoms with E-state index in [0.717, 1.165) is 12.2 Å². The molecule has 0 aromatic heterocycles. The Morgan fingerprint density at radius 1 is 1.60 bits per heavy atom. The molecular weight excluding hydrogens is 350 g/mol. The molecule has 0 saturated carbocycles. The smallest absolute Gasteiger partial charge is 0.585 e. The van der Waals surface area contributed by atoms with Crippen LogP contribution in [0.25, 0.3) is 0 Å². The fourth-order valence-corrected chi connectivity index (χ4v) is 0.862. The van der Waals surface area contributed by atoms with E-state index < -0.39 is 0 Å². The molecule has 56 valence electrons. The van der Waals surface area contributed by atoms with Crippen molar-refractivity contribution in [3.05, 3.63) is 25.7 Å². The Balaban J connectivity index is 0. The first kappa shape index (κ1) is 13.1. The van der Waals surface area contributed by atoms with Crippen LogP contribution >= 0.6 is 0 Å². The summed E-state index contributed by atoms with van der Waals surface area (Å²) in [5, 5.41) is 0. The Kier molecular flexibility index (Phi) is 9.90. The maximum atomic E-state index is 5.02. The summed E-state index contributed by atoms with van der Waals surface area (Å²) >= 11 is 0. The van der Waals surface area contributed by atoms with Gasteiger partial charge in [-0.2, -0.15) is 6.08 Å². The van der Waals surface area contributed by atoms with E-state index in [9.17, 15) is 0 Å². The topological polar surface area (TPSA) is 9.23 Å². The van der Waals surface area contributed by atoms with E-state index in [1.54, 1.807) is 7.11 Å². The van der Waals surface area contributed by atoms with Crippen LogP contribution in [0, 0.1) is 45.0 Å². The van der Waals surface area contributed by atoms with Crippen molar-refractivity contribution >= 4 is 0 Å². The van der Waals surface area contributed by atoms with Crippen LogP contribution in [0.1, 0.15) is 19.3 Å². The third-order valence-corrected chi connectivity index (χ3v) is 1.36. The third-order valence-electron chi connectivity index (χ3n) is 1.36. The summed E-state index contributed by atoms with van der Waals surface area (Å²) in [6.07, 6.45) is 7.80. The maximum Gasteiger partial charge on any atom is 2.00 e. The van der Waals surface area contributed by atoms with Crippen molar-refractivity contribution in [3.8, 4) is 0 Å². The van der Waals surface area contributed by atoms with Crippen molar-refractivity contribution in [1.29, 1.82) is 0 Å². The molecule has 1 rings (SSSR count). The first-order valence-electron chi connectivity index (χ1n) is 3.00. The van der Waals surface area contributed by atoms with Crippen LogP contribution in [0.15, 0.2) is 11.8 Å². The largest absolute Gasteiger partial charge is 2.00 e. The van der Waals surface area contributed by atoms with Gasteiger partial charge in [0.25, 0.3) is 0 Å². The second-order valence-electron chi connectivity index (χ2n) is 1.97. The molecule has 10 heavy (non-hydrogen) atoms. The Labute approximate surface area is 87.6 Å². The molecule has 0 radical (unpaired) electrons. The normalized spacial score (nSPS) is 15.1. The van der Waals surface area contributed by atoms with Gasteiger partial charge in [0.15, 0.2) is 0 Å². The third kappa shape index (κ3) is 4.30. The van der Waals surface area contributed by atoms with Crippen molar-refractivity contribution in [2.75, 3.05) is 7.11 Å². The molecule has 0 atom stereocenters. The number of hydrogen-bond donors (Lipinski definition) is 0. The van der Waals surface area contributed by atoms with Gasteiger partial charge >= 0.3 is 31.1 Å². The molecule has 1 aliphatic rings. The first-order valence-corrected chi connectivity index (χ1v) is 3.00. The zero-order valence-corrected chi connectivity index (χ0v) is 10.8. The van der Waals surface area contributed by atoms with Crippen molar-refractivity contribution < 1.29 is 35.9 Å². The van der Waals surface area contributed by atoms with Crippen LogP contribution in [0.2, 0.25) is 0 Å². The molecule has 0 spiro atoms. The molecule has 2 heteroatoms.